The number of rotatable bonds is 6. The first-order chi connectivity index (χ1) is 9.67. The van der Waals surface area contributed by atoms with Crippen molar-refractivity contribution in [2.45, 2.75) is 32.2 Å². The third-order valence-corrected chi connectivity index (χ3v) is 3.80. The molecular weight excluding hydrogens is 254 g/mol. The first kappa shape index (κ1) is 14.7. The number of aliphatic hydroxyl groups excluding tert-OH is 1. The molecule has 1 aromatic rings. The summed E-state index contributed by atoms with van der Waals surface area (Å²) in [4.78, 5) is 14.0. The van der Waals surface area contributed by atoms with E-state index in [1.54, 1.807) is 12.1 Å². The molecule has 2 rings (SSSR count). The van der Waals surface area contributed by atoms with Crippen molar-refractivity contribution in [1.29, 1.82) is 0 Å². The Hall–Kier alpha value is -1.75. The minimum atomic E-state index is -0.0914. The number of hydrogen-bond acceptors (Lipinski definition) is 4. The molecular formula is C15H23N3O2. The molecule has 5 heteroatoms. The molecule has 0 bridgehead atoms. The van der Waals surface area contributed by atoms with Crippen LogP contribution < -0.4 is 16.0 Å². The van der Waals surface area contributed by atoms with E-state index in [4.69, 9.17) is 5.73 Å². The molecule has 1 amide bonds. The fraction of sp³-hybridized carbons (Fsp3) is 0.533. The lowest BCUT2D eigenvalue weighted by molar-refractivity contribution is 0.0956. The van der Waals surface area contributed by atoms with E-state index in [2.05, 4.69) is 10.2 Å². The molecule has 1 aliphatic carbocycles. The van der Waals surface area contributed by atoms with Gasteiger partial charge in [0.25, 0.3) is 5.91 Å². The van der Waals surface area contributed by atoms with Gasteiger partial charge < -0.3 is 21.1 Å². The summed E-state index contributed by atoms with van der Waals surface area (Å²) in [6, 6.07) is 5.76. The maximum Gasteiger partial charge on any atom is 0.251 e. The number of carbonyl (C=O) groups excluding carboxylic acids is 1. The molecule has 1 fully saturated rings. The molecule has 110 valence electrons. The van der Waals surface area contributed by atoms with Gasteiger partial charge in [-0.05, 0) is 44.4 Å². The Morgan fingerprint density at radius 3 is 2.80 bits per heavy atom. The van der Waals surface area contributed by atoms with Gasteiger partial charge in [-0.1, -0.05) is 0 Å². The van der Waals surface area contributed by atoms with Crippen LogP contribution in [0.1, 0.15) is 36.5 Å². The van der Waals surface area contributed by atoms with Gasteiger partial charge >= 0.3 is 0 Å². The highest BCUT2D eigenvalue weighted by atomic mass is 16.3. The molecule has 0 aliphatic heterocycles. The van der Waals surface area contributed by atoms with E-state index in [1.807, 2.05) is 13.0 Å². The van der Waals surface area contributed by atoms with E-state index in [-0.39, 0.29) is 12.5 Å². The summed E-state index contributed by atoms with van der Waals surface area (Å²) in [5.41, 5.74) is 8.17. The lowest BCUT2D eigenvalue weighted by atomic mass is 9.90. The SMILES string of the molecule is CCNC(=O)c1ccc(N)c(N(CCO)C2CCC2)c1. The molecule has 0 heterocycles. The van der Waals surface area contributed by atoms with Gasteiger partial charge in [-0.25, -0.2) is 0 Å². The summed E-state index contributed by atoms with van der Waals surface area (Å²) >= 11 is 0. The number of carbonyl (C=O) groups is 1. The molecule has 0 radical (unpaired) electrons. The first-order valence-electron chi connectivity index (χ1n) is 7.22. The Bertz CT molecular complexity index is 472. The van der Waals surface area contributed by atoms with E-state index in [1.165, 1.54) is 6.42 Å². The van der Waals surface area contributed by atoms with Gasteiger partial charge in [-0.3, -0.25) is 4.79 Å². The van der Waals surface area contributed by atoms with Crippen LogP contribution in [0.4, 0.5) is 11.4 Å². The van der Waals surface area contributed by atoms with E-state index in [0.29, 0.717) is 30.4 Å². The van der Waals surface area contributed by atoms with Crippen molar-refractivity contribution in [3.05, 3.63) is 23.8 Å². The van der Waals surface area contributed by atoms with Gasteiger partial charge in [0.1, 0.15) is 0 Å². The highest BCUT2D eigenvalue weighted by molar-refractivity contribution is 5.96. The number of nitrogens with two attached hydrogens (primary N) is 1. The Morgan fingerprint density at radius 2 is 2.25 bits per heavy atom. The standard InChI is InChI=1S/C15H23N3O2/c1-2-17-15(20)11-6-7-13(16)14(10-11)18(8-9-19)12-4-3-5-12/h6-7,10,12,19H,2-5,8-9,16H2,1H3,(H,17,20). The molecule has 0 saturated heterocycles. The van der Waals surface area contributed by atoms with E-state index in [9.17, 15) is 9.90 Å². The summed E-state index contributed by atoms with van der Waals surface area (Å²) in [6.45, 7) is 3.12. The summed E-state index contributed by atoms with van der Waals surface area (Å²) in [5, 5.41) is 12.0. The minimum Gasteiger partial charge on any atom is -0.397 e. The quantitative estimate of drug-likeness (QED) is 0.686. The molecule has 1 saturated carbocycles. The molecule has 0 atom stereocenters. The number of hydrogen-bond donors (Lipinski definition) is 3. The number of anilines is 2. The fourth-order valence-corrected chi connectivity index (χ4v) is 2.50. The number of nitrogens with one attached hydrogen (secondary N) is 1. The van der Waals surface area contributed by atoms with Crippen molar-refractivity contribution in [3.8, 4) is 0 Å². The van der Waals surface area contributed by atoms with Gasteiger partial charge in [-0.2, -0.15) is 0 Å². The topological polar surface area (TPSA) is 78.6 Å². The number of nitrogens with zero attached hydrogens (tertiary/aromatic N) is 1. The monoisotopic (exact) mass is 277 g/mol. The summed E-state index contributed by atoms with van der Waals surface area (Å²) in [5.74, 6) is -0.0914. The third kappa shape index (κ3) is 3.04. The van der Waals surface area contributed by atoms with Crippen molar-refractivity contribution in [2.24, 2.45) is 0 Å². The van der Waals surface area contributed by atoms with Gasteiger partial charge in [0.2, 0.25) is 0 Å². The zero-order valence-electron chi connectivity index (χ0n) is 11.9. The zero-order chi connectivity index (χ0) is 14.5. The minimum absolute atomic E-state index is 0.0846. The second-order valence-electron chi connectivity index (χ2n) is 5.13. The highest BCUT2D eigenvalue weighted by Crippen LogP contribution is 2.33. The molecule has 1 aromatic carbocycles. The highest BCUT2D eigenvalue weighted by Gasteiger charge is 2.26. The van der Waals surface area contributed by atoms with Crippen LogP contribution in [-0.2, 0) is 0 Å². The molecule has 5 nitrogen and oxygen atoms in total. The maximum atomic E-state index is 11.9. The van der Waals surface area contributed by atoms with Gasteiger partial charge in [0, 0.05) is 24.7 Å². The van der Waals surface area contributed by atoms with Crippen LogP contribution in [0.5, 0.6) is 0 Å². The van der Waals surface area contributed by atoms with Crippen LogP contribution in [0.25, 0.3) is 0 Å². The lowest BCUT2D eigenvalue weighted by Crippen LogP contribution is -2.42. The van der Waals surface area contributed by atoms with Crippen molar-refractivity contribution in [3.63, 3.8) is 0 Å². The second-order valence-corrected chi connectivity index (χ2v) is 5.13. The van der Waals surface area contributed by atoms with Gasteiger partial charge in [0.05, 0.1) is 18.0 Å². The Balaban J connectivity index is 2.27. The van der Waals surface area contributed by atoms with Gasteiger partial charge in [0.15, 0.2) is 0 Å². The van der Waals surface area contributed by atoms with Crippen LogP contribution in [0.3, 0.4) is 0 Å². The van der Waals surface area contributed by atoms with Crippen LogP contribution in [0.15, 0.2) is 18.2 Å². The van der Waals surface area contributed by atoms with Crippen molar-refractivity contribution < 1.29 is 9.90 Å². The Kier molecular flexibility index (Phi) is 4.84. The molecule has 0 spiro atoms. The van der Waals surface area contributed by atoms with E-state index in [0.717, 1.165) is 18.5 Å². The van der Waals surface area contributed by atoms with Crippen molar-refractivity contribution in [1.82, 2.24) is 5.32 Å². The average Bonchev–Trinajstić information content (AvgIpc) is 2.37. The summed E-state index contributed by atoms with van der Waals surface area (Å²) in [7, 11) is 0. The smallest absolute Gasteiger partial charge is 0.251 e. The van der Waals surface area contributed by atoms with Crippen LogP contribution in [0.2, 0.25) is 0 Å². The average molecular weight is 277 g/mol. The molecule has 4 N–H and O–H groups in total. The van der Waals surface area contributed by atoms with Crippen LogP contribution in [-0.4, -0.2) is 36.8 Å². The maximum absolute atomic E-state index is 11.9. The summed E-state index contributed by atoms with van der Waals surface area (Å²) in [6.07, 6.45) is 3.44. The third-order valence-electron chi connectivity index (χ3n) is 3.80. The molecule has 20 heavy (non-hydrogen) atoms. The van der Waals surface area contributed by atoms with E-state index >= 15 is 0 Å². The fourth-order valence-electron chi connectivity index (χ4n) is 2.50. The van der Waals surface area contributed by atoms with Crippen molar-refractivity contribution >= 4 is 17.3 Å². The normalized spacial score (nSPS) is 14.7. The Morgan fingerprint density at radius 1 is 1.50 bits per heavy atom. The number of amides is 1. The Labute approximate surface area is 119 Å². The largest absolute Gasteiger partial charge is 0.397 e. The van der Waals surface area contributed by atoms with Gasteiger partial charge in [-0.15, -0.1) is 0 Å². The number of aliphatic hydroxyl groups is 1. The first-order valence-corrected chi connectivity index (χ1v) is 7.22. The number of benzene rings is 1. The summed E-state index contributed by atoms with van der Waals surface area (Å²) < 4.78 is 0. The second kappa shape index (κ2) is 6.61. The predicted molar refractivity (Wildman–Crippen MR) is 80.9 cm³/mol. The molecule has 1 aliphatic rings. The van der Waals surface area contributed by atoms with Crippen molar-refractivity contribution in [2.75, 3.05) is 30.3 Å². The van der Waals surface area contributed by atoms with Crippen LogP contribution >= 0.6 is 0 Å². The lowest BCUT2D eigenvalue weighted by Gasteiger charge is -2.39. The number of nitrogen functional groups attached to an aromatic ring is 1. The molecule has 0 unspecified atom stereocenters. The van der Waals surface area contributed by atoms with Crippen LogP contribution in [0, 0.1) is 0 Å². The van der Waals surface area contributed by atoms with E-state index < -0.39 is 0 Å². The predicted octanol–water partition coefficient (Wildman–Crippen LogP) is 1.37. The zero-order valence-corrected chi connectivity index (χ0v) is 11.9. The molecule has 0 aromatic heterocycles.